The molecule has 136 valence electrons. The van der Waals surface area contributed by atoms with Gasteiger partial charge in [0.25, 0.3) is 0 Å². The third-order valence-electron chi connectivity index (χ3n) is 5.23. The molecular formula is C19H16FN5O2. The molecule has 2 bridgehead atoms. The third kappa shape index (κ3) is 2.64. The number of nitrogens with zero attached hydrogens (tertiary/aromatic N) is 4. The number of amides is 2. The van der Waals surface area contributed by atoms with Crippen LogP contribution in [0.1, 0.15) is 30.0 Å². The van der Waals surface area contributed by atoms with Crippen LogP contribution in [-0.2, 0) is 6.42 Å². The number of benzene rings is 1. The van der Waals surface area contributed by atoms with E-state index in [2.05, 4.69) is 20.5 Å². The Kier molecular flexibility index (Phi) is 3.63. The van der Waals surface area contributed by atoms with Crippen molar-refractivity contribution in [1.82, 2.24) is 20.1 Å². The lowest BCUT2D eigenvalue weighted by atomic mass is 9.95. The molecule has 27 heavy (non-hydrogen) atoms. The summed E-state index contributed by atoms with van der Waals surface area (Å²) in [6.07, 6.45) is 3.55. The fraction of sp³-hybridized carbons (Fsp3) is 0.263. The minimum absolute atomic E-state index is 0.0463. The van der Waals surface area contributed by atoms with Crippen LogP contribution in [0.2, 0.25) is 0 Å². The second-order valence-corrected chi connectivity index (χ2v) is 6.74. The molecule has 4 heterocycles. The highest BCUT2D eigenvalue weighted by Gasteiger charge is 2.44. The first-order chi connectivity index (χ1) is 13.2. The molecule has 0 radical (unpaired) electrons. The van der Waals surface area contributed by atoms with Gasteiger partial charge in [-0.1, -0.05) is 23.3 Å². The van der Waals surface area contributed by atoms with Crippen LogP contribution in [0.4, 0.5) is 15.2 Å². The summed E-state index contributed by atoms with van der Waals surface area (Å²) in [5.41, 5.74) is 2.24. The van der Waals surface area contributed by atoms with Gasteiger partial charge < -0.3 is 9.32 Å². The monoisotopic (exact) mass is 365 g/mol. The van der Waals surface area contributed by atoms with E-state index in [4.69, 9.17) is 4.42 Å². The maximum Gasteiger partial charge on any atom is 0.326 e. The van der Waals surface area contributed by atoms with Crippen LogP contribution in [0.15, 0.2) is 47.0 Å². The molecule has 1 fully saturated rings. The maximum atomic E-state index is 14.0. The first-order valence-corrected chi connectivity index (χ1v) is 8.82. The molecule has 0 unspecified atom stereocenters. The van der Waals surface area contributed by atoms with Crippen molar-refractivity contribution in [2.45, 2.75) is 31.3 Å². The van der Waals surface area contributed by atoms with Gasteiger partial charge in [-0.05, 0) is 43.0 Å². The predicted octanol–water partition coefficient (Wildman–Crippen LogP) is 3.56. The summed E-state index contributed by atoms with van der Waals surface area (Å²) in [6, 6.07) is 10.6. The van der Waals surface area contributed by atoms with Crippen LogP contribution >= 0.6 is 0 Å². The Balaban J connectivity index is 1.37. The van der Waals surface area contributed by atoms with Crippen LogP contribution in [0.25, 0.3) is 11.5 Å². The number of hydrogen-bond donors (Lipinski definition) is 1. The lowest BCUT2D eigenvalue weighted by Gasteiger charge is -2.35. The number of halogens is 1. The number of nitrogens with one attached hydrogen (secondary N) is 1. The lowest BCUT2D eigenvalue weighted by molar-refractivity contribution is 0.177. The topological polar surface area (TPSA) is 84.2 Å². The minimum Gasteiger partial charge on any atom is -0.403 e. The van der Waals surface area contributed by atoms with E-state index in [-0.39, 0.29) is 24.1 Å². The van der Waals surface area contributed by atoms with Crippen molar-refractivity contribution in [2.24, 2.45) is 0 Å². The van der Waals surface area contributed by atoms with E-state index in [0.717, 1.165) is 24.0 Å². The van der Waals surface area contributed by atoms with Crippen molar-refractivity contribution in [2.75, 3.05) is 5.32 Å². The molecule has 2 atom stereocenters. The summed E-state index contributed by atoms with van der Waals surface area (Å²) in [4.78, 5) is 18.3. The van der Waals surface area contributed by atoms with Gasteiger partial charge in [0.15, 0.2) is 0 Å². The van der Waals surface area contributed by atoms with E-state index < -0.39 is 5.95 Å². The van der Waals surface area contributed by atoms with E-state index in [1.165, 1.54) is 6.20 Å². The smallest absolute Gasteiger partial charge is 0.326 e. The van der Waals surface area contributed by atoms with Crippen LogP contribution in [-0.4, -0.2) is 32.2 Å². The molecular weight excluding hydrogens is 349 g/mol. The van der Waals surface area contributed by atoms with Gasteiger partial charge in [0.2, 0.25) is 11.8 Å². The molecule has 1 aromatic carbocycles. The fourth-order valence-corrected chi connectivity index (χ4v) is 4.05. The SMILES string of the molecule is O=C(Nc1nnc(-c2ccccc2)o1)N1[C@@H]2CC[C@H]1c1ccnc(F)c1C2. The zero-order chi connectivity index (χ0) is 18.4. The first-order valence-electron chi connectivity index (χ1n) is 8.82. The number of anilines is 1. The predicted molar refractivity (Wildman–Crippen MR) is 94.3 cm³/mol. The molecule has 0 spiro atoms. The quantitative estimate of drug-likeness (QED) is 0.702. The highest BCUT2D eigenvalue weighted by atomic mass is 19.1. The normalized spacial score (nSPS) is 20.4. The minimum atomic E-state index is -0.436. The number of carbonyl (C=O) groups is 1. The van der Waals surface area contributed by atoms with Gasteiger partial charge in [-0.25, -0.2) is 9.78 Å². The van der Waals surface area contributed by atoms with Crippen LogP contribution in [0, 0.1) is 5.95 Å². The molecule has 2 aliphatic heterocycles. The van der Waals surface area contributed by atoms with Crippen molar-refractivity contribution in [3.05, 3.63) is 59.7 Å². The second kappa shape index (κ2) is 6.15. The average molecular weight is 365 g/mol. The highest BCUT2D eigenvalue weighted by Crippen LogP contribution is 2.44. The molecule has 1 saturated heterocycles. The molecule has 2 aromatic heterocycles. The second-order valence-electron chi connectivity index (χ2n) is 6.74. The maximum absolute atomic E-state index is 14.0. The molecule has 7 nitrogen and oxygen atoms in total. The van der Waals surface area contributed by atoms with E-state index in [1.807, 2.05) is 30.3 Å². The van der Waals surface area contributed by atoms with Gasteiger partial charge in [-0.15, -0.1) is 5.10 Å². The Hall–Kier alpha value is -3.29. The van der Waals surface area contributed by atoms with Crippen molar-refractivity contribution in [1.29, 1.82) is 0 Å². The van der Waals surface area contributed by atoms with E-state index >= 15 is 0 Å². The summed E-state index contributed by atoms with van der Waals surface area (Å²) in [5, 5.41) is 10.6. The first kappa shape index (κ1) is 15.9. The van der Waals surface area contributed by atoms with Crippen molar-refractivity contribution in [3.63, 3.8) is 0 Å². The summed E-state index contributed by atoms with van der Waals surface area (Å²) < 4.78 is 19.6. The lowest BCUT2D eigenvalue weighted by Crippen LogP contribution is -2.44. The van der Waals surface area contributed by atoms with Crippen molar-refractivity contribution < 1.29 is 13.6 Å². The van der Waals surface area contributed by atoms with Gasteiger partial charge in [-0.3, -0.25) is 5.32 Å². The number of fused-ring (bicyclic) bond motifs is 4. The molecule has 0 aliphatic carbocycles. The highest BCUT2D eigenvalue weighted by molar-refractivity contribution is 5.88. The number of hydrogen-bond acceptors (Lipinski definition) is 5. The molecule has 3 aromatic rings. The Morgan fingerprint density at radius 2 is 2.04 bits per heavy atom. The Morgan fingerprint density at radius 1 is 1.19 bits per heavy atom. The summed E-state index contributed by atoms with van der Waals surface area (Å²) >= 11 is 0. The Bertz CT molecular complexity index is 1010. The zero-order valence-electron chi connectivity index (χ0n) is 14.3. The van der Waals surface area contributed by atoms with E-state index in [9.17, 15) is 9.18 Å². The number of rotatable bonds is 2. The number of carbonyl (C=O) groups excluding carboxylic acids is 1. The van der Waals surface area contributed by atoms with Crippen molar-refractivity contribution in [3.8, 4) is 11.5 Å². The summed E-state index contributed by atoms with van der Waals surface area (Å²) in [7, 11) is 0. The molecule has 2 aliphatic rings. The van der Waals surface area contributed by atoms with Gasteiger partial charge in [0, 0.05) is 23.4 Å². The van der Waals surface area contributed by atoms with Gasteiger partial charge in [-0.2, -0.15) is 4.39 Å². The molecule has 5 rings (SSSR count). The summed E-state index contributed by atoms with van der Waals surface area (Å²) in [5.74, 6) is -0.0973. The van der Waals surface area contributed by atoms with Gasteiger partial charge in [0.05, 0.1) is 6.04 Å². The Morgan fingerprint density at radius 3 is 2.89 bits per heavy atom. The largest absolute Gasteiger partial charge is 0.403 e. The number of aromatic nitrogens is 3. The van der Waals surface area contributed by atoms with E-state index in [0.29, 0.717) is 17.9 Å². The molecule has 1 N–H and O–H groups in total. The third-order valence-corrected chi connectivity index (χ3v) is 5.23. The number of pyridine rings is 1. The molecule has 2 amide bonds. The van der Waals surface area contributed by atoms with Crippen LogP contribution in [0.5, 0.6) is 0 Å². The summed E-state index contributed by atoms with van der Waals surface area (Å²) in [6.45, 7) is 0. The van der Waals surface area contributed by atoms with Gasteiger partial charge in [0.1, 0.15) is 0 Å². The Labute approximate surface area is 154 Å². The van der Waals surface area contributed by atoms with E-state index in [1.54, 1.807) is 11.0 Å². The van der Waals surface area contributed by atoms with Crippen molar-refractivity contribution >= 4 is 12.0 Å². The van der Waals surface area contributed by atoms with Crippen LogP contribution in [0.3, 0.4) is 0 Å². The standard InChI is InChI=1S/C19H16FN5O2/c20-16-14-10-12-6-7-15(13(14)8-9-21-16)25(12)19(26)22-18-24-23-17(27-18)11-4-2-1-3-5-11/h1-5,8-9,12,15H,6-7,10H2,(H,22,24,26)/t12-,15+/m1/s1. The fourth-order valence-electron chi connectivity index (χ4n) is 4.05. The molecule has 8 heteroatoms. The molecule has 0 saturated carbocycles. The van der Waals surface area contributed by atoms with Crippen LogP contribution < -0.4 is 5.32 Å². The van der Waals surface area contributed by atoms with Gasteiger partial charge >= 0.3 is 12.0 Å². The average Bonchev–Trinajstić information content (AvgIpc) is 3.27. The zero-order valence-corrected chi connectivity index (χ0v) is 14.3. The number of urea groups is 1.